The Labute approximate surface area is 166 Å². The molecule has 1 saturated heterocycles. The van der Waals surface area contributed by atoms with Gasteiger partial charge in [0.05, 0.1) is 11.3 Å². The average Bonchev–Trinajstić information content (AvgIpc) is 2.75. The molecule has 0 atom stereocenters. The molecule has 0 radical (unpaired) electrons. The van der Waals surface area contributed by atoms with E-state index in [9.17, 15) is 13.2 Å². The first-order valence-electron chi connectivity index (χ1n) is 9.36. The van der Waals surface area contributed by atoms with Crippen molar-refractivity contribution in [3.05, 3.63) is 72.3 Å². The lowest BCUT2D eigenvalue weighted by molar-refractivity contribution is -0.137. The van der Waals surface area contributed by atoms with E-state index in [0.717, 1.165) is 30.4 Å². The molecular formula is C21H20F3N5. The molecule has 29 heavy (non-hydrogen) atoms. The smallest absolute Gasteiger partial charge is 0.369 e. The van der Waals surface area contributed by atoms with Crippen molar-refractivity contribution in [3.8, 4) is 11.4 Å². The molecule has 1 aromatic carbocycles. The van der Waals surface area contributed by atoms with Gasteiger partial charge >= 0.3 is 6.18 Å². The lowest BCUT2D eigenvalue weighted by Gasteiger charge is -2.36. The highest BCUT2D eigenvalue weighted by Gasteiger charge is 2.31. The molecule has 1 fully saturated rings. The Bertz CT molecular complexity index is 954. The molecule has 5 nitrogen and oxygen atoms in total. The minimum absolute atomic E-state index is 0.609. The maximum Gasteiger partial charge on any atom is 0.416 e. The molecule has 0 aliphatic carbocycles. The highest BCUT2D eigenvalue weighted by molar-refractivity contribution is 5.53. The van der Waals surface area contributed by atoms with Gasteiger partial charge in [0.1, 0.15) is 0 Å². The standard InChI is InChI=1S/C21H20F3N5/c22-21(23,24)17-2-1-3-19(14-17)29-12-10-28(11-13-29)15-18-6-9-26-20(27-18)16-4-7-25-8-5-16/h1-9,14H,10-13,15H2. The average molecular weight is 399 g/mol. The van der Waals surface area contributed by atoms with Crippen LogP contribution in [0.1, 0.15) is 11.3 Å². The number of hydrogen-bond donors (Lipinski definition) is 0. The summed E-state index contributed by atoms with van der Waals surface area (Å²) in [5, 5.41) is 0. The van der Waals surface area contributed by atoms with Crippen molar-refractivity contribution in [1.29, 1.82) is 0 Å². The summed E-state index contributed by atoms with van der Waals surface area (Å²) in [4.78, 5) is 17.2. The van der Waals surface area contributed by atoms with E-state index in [1.54, 1.807) is 24.7 Å². The molecule has 3 heterocycles. The van der Waals surface area contributed by atoms with E-state index in [1.807, 2.05) is 23.1 Å². The molecule has 0 unspecified atom stereocenters. The second kappa shape index (κ2) is 8.16. The predicted octanol–water partition coefficient (Wildman–Crippen LogP) is 3.88. The third kappa shape index (κ3) is 4.71. The first kappa shape index (κ1) is 19.3. The van der Waals surface area contributed by atoms with Crippen molar-refractivity contribution >= 4 is 5.69 Å². The first-order chi connectivity index (χ1) is 14.0. The van der Waals surface area contributed by atoms with Crippen LogP contribution in [-0.2, 0) is 12.7 Å². The Balaban J connectivity index is 1.39. The monoisotopic (exact) mass is 399 g/mol. The molecule has 0 amide bonds. The number of anilines is 1. The molecule has 2 aromatic heterocycles. The zero-order valence-corrected chi connectivity index (χ0v) is 15.7. The summed E-state index contributed by atoms with van der Waals surface area (Å²) in [5.74, 6) is 0.660. The van der Waals surface area contributed by atoms with E-state index in [-0.39, 0.29) is 0 Å². The lowest BCUT2D eigenvalue weighted by atomic mass is 10.1. The van der Waals surface area contributed by atoms with Crippen LogP contribution in [0.3, 0.4) is 0 Å². The Hall–Kier alpha value is -3.00. The first-order valence-corrected chi connectivity index (χ1v) is 9.36. The van der Waals surface area contributed by atoms with Gasteiger partial charge in [-0.15, -0.1) is 0 Å². The van der Waals surface area contributed by atoms with E-state index in [0.29, 0.717) is 31.1 Å². The molecule has 3 aromatic rings. The number of aromatic nitrogens is 3. The molecule has 0 saturated carbocycles. The highest BCUT2D eigenvalue weighted by atomic mass is 19.4. The number of halogens is 3. The van der Waals surface area contributed by atoms with Crippen LogP contribution in [0.4, 0.5) is 18.9 Å². The highest BCUT2D eigenvalue weighted by Crippen LogP contribution is 2.32. The summed E-state index contributed by atoms with van der Waals surface area (Å²) in [6, 6.07) is 11.2. The summed E-state index contributed by atoms with van der Waals surface area (Å²) < 4.78 is 38.9. The normalized spacial score (nSPS) is 15.5. The SMILES string of the molecule is FC(F)(F)c1cccc(N2CCN(Cc3ccnc(-c4ccncc4)n3)CC2)c1. The number of nitrogens with zero attached hydrogens (tertiary/aromatic N) is 5. The minimum Gasteiger partial charge on any atom is -0.369 e. The Morgan fingerprint density at radius 2 is 1.66 bits per heavy atom. The van der Waals surface area contributed by atoms with Crippen LogP contribution in [-0.4, -0.2) is 46.0 Å². The van der Waals surface area contributed by atoms with Crippen LogP contribution in [0.5, 0.6) is 0 Å². The maximum atomic E-state index is 13.0. The van der Waals surface area contributed by atoms with Gasteiger partial charge in [0.15, 0.2) is 5.82 Å². The van der Waals surface area contributed by atoms with Crippen molar-refractivity contribution in [3.63, 3.8) is 0 Å². The van der Waals surface area contributed by atoms with E-state index >= 15 is 0 Å². The van der Waals surface area contributed by atoms with Crippen LogP contribution in [0.25, 0.3) is 11.4 Å². The van der Waals surface area contributed by atoms with Gasteiger partial charge < -0.3 is 4.90 Å². The quantitative estimate of drug-likeness (QED) is 0.666. The Morgan fingerprint density at radius 1 is 0.897 bits per heavy atom. The topological polar surface area (TPSA) is 45.2 Å². The van der Waals surface area contributed by atoms with Gasteiger partial charge in [0.25, 0.3) is 0 Å². The van der Waals surface area contributed by atoms with Crippen LogP contribution in [0.2, 0.25) is 0 Å². The van der Waals surface area contributed by atoms with Gasteiger partial charge in [-0.05, 0) is 36.4 Å². The molecule has 0 N–H and O–H groups in total. The van der Waals surface area contributed by atoms with Gasteiger partial charge in [-0.25, -0.2) is 9.97 Å². The largest absolute Gasteiger partial charge is 0.416 e. The minimum atomic E-state index is -4.32. The third-order valence-corrected chi connectivity index (χ3v) is 4.95. The fourth-order valence-electron chi connectivity index (χ4n) is 3.40. The van der Waals surface area contributed by atoms with Gasteiger partial charge in [-0.3, -0.25) is 9.88 Å². The maximum absolute atomic E-state index is 13.0. The number of piperazine rings is 1. The molecule has 4 rings (SSSR count). The van der Waals surface area contributed by atoms with E-state index in [4.69, 9.17) is 0 Å². The summed E-state index contributed by atoms with van der Waals surface area (Å²) in [5.41, 5.74) is 1.83. The number of benzene rings is 1. The fraction of sp³-hybridized carbons (Fsp3) is 0.286. The molecule has 1 aliphatic heterocycles. The van der Waals surface area contributed by atoms with Gasteiger partial charge in [0, 0.05) is 62.6 Å². The second-order valence-corrected chi connectivity index (χ2v) is 6.92. The molecule has 0 bridgehead atoms. The van der Waals surface area contributed by atoms with Gasteiger partial charge in [-0.2, -0.15) is 13.2 Å². The van der Waals surface area contributed by atoms with Gasteiger partial charge in [0.2, 0.25) is 0 Å². The number of pyridine rings is 1. The van der Waals surface area contributed by atoms with Crippen LogP contribution in [0, 0.1) is 0 Å². The number of hydrogen-bond acceptors (Lipinski definition) is 5. The second-order valence-electron chi connectivity index (χ2n) is 6.92. The van der Waals surface area contributed by atoms with Crippen molar-refractivity contribution in [2.75, 3.05) is 31.1 Å². The zero-order chi connectivity index (χ0) is 20.3. The summed E-state index contributed by atoms with van der Waals surface area (Å²) >= 11 is 0. The predicted molar refractivity (Wildman–Crippen MR) is 104 cm³/mol. The number of rotatable bonds is 4. The van der Waals surface area contributed by atoms with E-state index in [2.05, 4.69) is 19.9 Å². The van der Waals surface area contributed by atoms with Crippen molar-refractivity contribution < 1.29 is 13.2 Å². The van der Waals surface area contributed by atoms with Crippen LogP contribution in [0.15, 0.2) is 61.1 Å². The zero-order valence-electron chi connectivity index (χ0n) is 15.7. The molecule has 0 spiro atoms. The number of alkyl halides is 3. The molecule has 150 valence electrons. The molecule has 8 heteroatoms. The Morgan fingerprint density at radius 3 is 2.38 bits per heavy atom. The molecular weight excluding hydrogens is 379 g/mol. The van der Waals surface area contributed by atoms with Crippen molar-refractivity contribution in [2.24, 2.45) is 0 Å². The fourth-order valence-corrected chi connectivity index (χ4v) is 3.40. The molecule has 1 aliphatic rings. The van der Waals surface area contributed by atoms with Crippen molar-refractivity contribution in [2.45, 2.75) is 12.7 Å². The summed E-state index contributed by atoms with van der Waals surface area (Å²) in [6.07, 6.45) is 0.838. The van der Waals surface area contributed by atoms with Gasteiger partial charge in [-0.1, -0.05) is 6.07 Å². The summed E-state index contributed by atoms with van der Waals surface area (Å²) in [6.45, 7) is 3.53. The van der Waals surface area contributed by atoms with E-state index < -0.39 is 11.7 Å². The lowest BCUT2D eigenvalue weighted by Crippen LogP contribution is -2.46. The van der Waals surface area contributed by atoms with Crippen molar-refractivity contribution in [1.82, 2.24) is 19.9 Å². The van der Waals surface area contributed by atoms with Crippen LogP contribution < -0.4 is 4.90 Å². The third-order valence-electron chi connectivity index (χ3n) is 4.95. The summed E-state index contributed by atoms with van der Waals surface area (Å²) in [7, 11) is 0. The van der Waals surface area contributed by atoms with Crippen LogP contribution >= 0.6 is 0 Å². The van der Waals surface area contributed by atoms with E-state index in [1.165, 1.54) is 12.1 Å². The Kier molecular flexibility index (Phi) is 5.44.